The predicted octanol–water partition coefficient (Wildman–Crippen LogP) is 3.34. The largest absolute Gasteiger partial charge is 0.372 e. The summed E-state index contributed by atoms with van der Waals surface area (Å²) in [6, 6.07) is 17.2. The van der Waals surface area contributed by atoms with E-state index in [1.807, 2.05) is 30.3 Å². The third-order valence-electron chi connectivity index (χ3n) is 2.22. The zero-order chi connectivity index (χ0) is 11.2. The molecule has 0 saturated carbocycles. The number of ether oxygens (including phenoxy) is 1. The molecule has 0 bridgehead atoms. The summed E-state index contributed by atoms with van der Waals surface area (Å²) >= 11 is 0. The van der Waals surface area contributed by atoms with Crippen LogP contribution in [-0.4, -0.2) is 0 Å². The lowest BCUT2D eigenvalue weighted by molar-refractivity contribution is 0.107. The van der Waals surface area contributed by atoms with Gasteiger partial charge in [0.15, 0.2) is 0 Å². The third kappa shape index (κ3) is 3.17. The highest BCUT2D eigenvalue weighted by molar-refractivity contribution is 5.15. The van der Waals surface area contributed by atoms with Gasteiger partial charge in [-0.3, -0.25) is 0 Å². The summed E-state index contributed by atoms with van der Waals surface area (Å²) < 4.78 is 18.1. The monoisotopic (exact) mass is 215 g/mol. The first-order valence-electron chi connectivity index (χ1n) is 5.12. The summed E-state index contributed by atoms with van der Waals surface area (Å²) in [5.74, 6) is -0.341. The zero-order valence-corrected chi connectivity index (χ0v) is 8.82. The van der Waals surface area contributed by atoms with Gasteiger partial charge in [0, 0.05) is 6.07 Å². The Morgan fingerprint density at radius 2 is 1.69 bits per heavy atom. The topological polar surface area (TPSA) is 9.23 Å². The van der Waals surface area contributed by atoms with E-state index in [4.69, 9.17) is 4.74 Å². The molecule has 81 valence electrons. The fourth-order valence-electron chi connectivity index (χ4n) is 1.39. The van der Waals surface area contributed by atoms with Crippen molar-refractivity contribution in [2.75, 3.05) is 0 Å². The van der Waals surface area contributed by atoms with Crippen LogP contribution in [0.5, 0.6) is 0 Å². The Morgan fingerprint density at radius 3 is 2.38 bits per heavy atom. The van der Waals surface area contributed by atoms with Crippen molar-refractivity contribution in [3.8, 4) is 0 Å². The van der Waals surface area contributed by atoms with Crippen LogP contribution in [0.2, 0.25) is 0 Å². The molecular formula is C14H12FO. The van der Waals surface area contributed by atoms with Crippen LogP contribution in [0.15, 0.2) is 48.5 Å². The standard InChI is InChI=1S/C14H12FO/c15-14-8-6-13(7-9-14)11-16-10-12-4-2-1-3-5-12/h1-8H,10-11H2. The molecule has 1 radical (unpaired) electrons. The maximum absolute atomic E-state index is 12.6. The first kappa shape index (κ1) is 10.8. The Hall–Kier alpha value is -1.67. The number of rotatable bonds is 4. The first-order valence-corrected chi connectivity index (χ1v) is 5.12. The lowest BCUT2D eigenvalue weighted by Crippen LogP contribution is -1.94. The zero-order valence-electron chi connectivity index (χ0n) is 8.82. The second-order valence-electron chi connectivity index (χ2n) is 3.52. The minimum absolute atomic E-state index is 0.341. The van der Waals surface area contributed by atoms with Gasteiger partial charge in [-0.25, -0.2) is 4.39 Å². The van der Waals surface area contributed by atoms with E-state index in [0.29, 0.717) is 13.2 Å². The lowest BCUT2D eigenvalue weighted by Gasteiger charge is -2.04. The van der Waals surface area contributed by atoms with E-state index in [2.05, 4.69) is 6.07 Å². The van der Waals surface area contributed by atoms with Crippen LogP contribution >= 0.6 is 0 Å². The minimum Gasteiger partial charge on any atom is -0.372 e. The first-order chi connectivity index (χ1) is 7.84. The van der Waals surface area contributed by atoms with Gasteiger partial charge in [-0.2, -0.15) is 0 Å². The molecule has 0 atom stereocenters. The summed E-state index contributed by atoms with van der Waals surface area (Å²) in [6.45, 7) is 1.05. The van der Waals surface area contributed by atoms with Crippen LogP contribution in [-0.2, 0) is 18.0 Å². The molecule has 0 saturated heterocycles. The summed E-state index contributed by atoms with van der Waals surface area (Å²) in [5, 5.41) is 0. The van der Waals surface area contributed by atoms with E-state index in [0.717, 1.165) is 11.1 Å². The van der Waals surface area contributed by atoms with Crippen LogP contribution in [0.25, 0.3) is 0 Å². The second kappa shape index (κ2) is 5.42. The Bertz CT molecular complexity index is 422. The van der Waals surface area contributed by atoms with Crippen molar-refractivity contribution < 1.29 is 9.13 Å². The van der Waals surface area contributed by atoms with Crippen molar-refractivity contribution in [1.82, 2.24) is 0 Å². The van der Waals surface area contributed by atoms with E-state index in [1.165, 1.54) is 6.07 Å². The summed E-state index contributed by atoms with van der Waals surface area (Å²) in [6.07, 6.45) is 0. The SMILES string of the molecule is Fc1[c]cc(COCc2ccccc2)cc1. The number of benzene rings is 2. The molecule has 0 aliphatic carbocycles. The second-order valence-corrected chi connectivity index (χ2v) is 3.52. The molecule has 0 unspecified atom stereocenters. The fraction of sp³-hybridized carbons (Fsp3) is 0.143. The highest BCUT2D eigenvalue weighted by atomic mass is 19.1. The van der Waals surface area contributed by atoms with Gasteiger partial charge in [0.1, 0.15) is 5.82 Å². The summed E-state index contributed by atoms with van der Waals surface area (Å²) in [5.41, 5.74) is 2.06. The molecular weight excluding hydrogens is 203 g/mol. The number of hydrogen-bond donors (Lipinski definition) is 0. The Labute approximate surface area is 94.5 Å². The lowest BCUT2D eigenvalue weighted by atomic mass is 10.2. The van der Waals surface area contributed by atoms with Crippen molar-refractivity contribution in [3.05, 3.63) is 71.5 Å². The van der Waals surface area contributed by atoms with Crippen molar-refractivity contribution in [1.29, 1.82) is 0 Å². The van der Waals surface area contributed by atoms with Crippen LogP contribution in [0.4, 0.5) is 4.39 Å². The highest BCUT2D eigenvalue weighted by Gasteiger charge is 1.95. The maximum Gasteiger partial charge on any atom is 0.131 e. The van der Waals surface area contributed by atoms with Gasteiger partial charge in [0.05, 0.1) is 13.2 Å². The smallest absolute Gasteiger partial charge is 0.131 e. The van der Waals surface area contributed by atoms with E-state index >= 15 is 0 Å². The molecule has 0 aliphatic heterocycles. The molecule has 0 N–H and O–H groups in total. The summed E-state index contributed by atoms with van der Waals surface area (Å²) in [4.78, 5) is 0. The molecule has 0 spiro atoms. The van der Waals surface area contributed by atoms with Crippen LogP contribution in [0, 0.1) is 11.9 Å². The van der Waals surface area contributed by atoms with Crippen molar-refractivity contribution in [3.63, 3.8) is 0 Å². The van der Waals surface area contributed by atoms with Crippen molar-refractivity contribution >= 4 is 0 Å². The highest BCUT2D eigenvalue weighted by Crippen LogP contribution is 2.06. The molecule has 0 heterocycles. The van der Waals surface area contributed by atoms with Gasteiger partial charge in [0.25, 0.3) is 0 Å². The Kier molecular flexibility index (Phi) is 3.67. The Balaban J connectivity index is 1.82. The predicted molar refractivity (Wildman–Crippen MR) is 60.2 cm³/mol. The normalized spacial score (nSPS) is 10.3. The van der Waals surface area contributed by atoms with Gasteiger partial charge in [-0.15, -0.1) is 0 Å². The average Bonchev–Trinajstić information content (AvgIpc) is 2.33. The van der Waals surface area contributed by atoms with Gasteiger partial charge in [-0.05, 0) is 23.3 Å². The molecule has 1 nitrogen and oxygen atoms in total. The van der Waals surface area contributed by atoms with E-state index in [1.54, 1.807) is 12.1 Å². The minimum atomic E-state index is -0.341. The molecule has 2 heteroatoms. The quantitative estimate of drug-likeness (QED) is 0.760. The van der Waals surface area contributed by atoms with E-state index in [9.17, 15) is 4.39 Å². The summed E-state index contributed by atoms with van der Waals surface area (Å²) in [7, 11) is 0. The molecule has 0 aliphatic rings. The van der Waals surface area contributed by atoms with E-state index in [-0.39, 0.29) is 5.82 Å². The van der Waals surface area contributed by atoms with Gasteiger partial charge >= 0.3 is 0 Å². The molecule has 0 aromatic heterocycles. The Morgan fingerprint density at radius 1 is 0.938 bits per heavy atom. The molecule has 16 heavy (non-hydrogen) atoms. The third-order valence-corrected chi connectivity index (χ3v) is 2.22. The molecule has 2 aromatic rings. The van der Waals surface area contributed by atoms with Gasteiger partial charge in [0.2, 0.25) is 0 Å². The molecule has 2 aromatic carbocycles. The maximum atomic E-state index is 12.6. The van der Waals surface area contributed by atoms with Gasteiger partial charge < -0.3 is 4.74 Å². The van der Waals surface area contributed by atoms with Crippen molar-refractivity contribution in [2.45, 2.75) is 13.2 Å². The molecule has 0 fully saturated rings. The van der Waals surface area contributed by atoms with Crippen LogP contribution in [0.1, 0.15) is 11.1 Å². The number of hydrogen-bond acceptors (Lipinski definition) is 1. The molecule has 0 amide bonds. The number of halogens is 1. The van der Waals surface area contributed by atoms with Gasteiger partial charge in [-0.1, -0.05) is 36.4 Å². The fourth-order valence-corrected chi connectivity index (χ4v) is 1.39. The molecule has 2 rings (SSSR count). The van der Waals surface area contributed by atoms with E-state index < -0.39 is 0 Å². The average molecular weight is 215 g/mol. The van der Waals surface area contributed by atoms with Crippen molar-refractivity contribution in [2.24, 2.45) is 0 Å². The van der Waals surface area contributed by atoms with Crippen LogP contribution < -0.4 is 0 Å². The van der Waals surface area contributed by atoms with Crippen LogP contribution in [0.3, 0.4) is 0 Å².